The van der Waals surface area contributed by atoms with Crippen molar-refractivity contribution >= 4 is 28.2 Å². The first-order chi connectivity index (χ1) is 17.1. The van der Waals surface area contributed by atoms with Gasteiger partial charge in [-0.15, -0.1) is 16.4 Å². The summed E-state index contributed by atoms with van der Waals surface area (Å²) in [7, 11) is 0. The molecular formula is C26H25N5O3S. The van der Waals surface area contributed by atoms with Crippen molar-refractivity contribution in [3.63, 3.8) is 0 Å². The van der Waals surface area contributed by atoms with Crippen LogP contribution in [0.25, 0.3) is 10.4 Å². The molecule has 8 nitrogen and oxygen atoms in total. The highest BCUT2D eigenvalue weighted by atomic mass is 32.1. The van der Waals surface area contributed by atoms with Gasteiger partial charge in [0.05, 0.1) is 31.5 Å². The quantitative estimate of drug-likeness (QED) is 0.443. The van der Waals surface area contributed by atoms with E-state index in [1.165, 1.54) is 11.3 Å². The summed E-state index contributed by atoms with van der Waals surface area (Å²) < 4.78 is 7.03. The van der Waals surface area contributed by atoms with Crippen LogP contribution in [-0.4, -0.2) is 58.0 Å². The second-order valence-corrected chi connectivity index (χ2v) is 9.29. The van der Waals surface area contributed by atoms with E-state index in [9.17, 15) is 9.59 Å². The second-order valence-electron chi connectivity index (χ2n) is 8.27. The van der Waals surface area contributed by atoms with Crippen LogP contribution in [0.4, 0.5) is 5.00 Å². The highest BCUT2D eigenvalue weighted by Gasteiger charge is 2.28. The number of carbonyl (C=O) groups is 2. The topological polar surface area (TPSA) is 89.3 Å². The number of anilines is 1. The minimum absolute atomic E-state index is 0.104. The van der Waals surface area contributed by atoms with Crippen molar-refractivity contribution in [2.75, 3.05) is 31.6 Å². The summed E-state index contributed by atoms with van der Waals surface area (Å²) >= 11 is 1.40. The molecule has 2 amide bonds. The minimum atomic E-state index is -0.402. The van der Waals surface area contributed by atoms with E-state index in [-0.39, 0.29) is 11.6 Å². The number of hydrogen-bond acceptors (Lipinski definition) is 6. The lowest BCUT2D eigenvalue weighted by Crippen LogP contribution is -2.41. The van der Waals surface area contributed by atoms with Crippen molar-refractivity contribution in [2.24, 2.45) is 0 Å². The van der Waals surface area contributed by atoms with Crippen molar-refractivity contribution in [2.45, 2.75) is 13.5 Å². The minimum Gasteiger partial charge on any atom is -0.378 e. The lowest BCUT2D eigenvalue weighted by Gasteiger charge is -2.27. The Labute approximate surface area is 207 Å². The van der Waals surface area contributed by atoms with Gasteiger partial charge in [-0.3, -0.25) is 9.59 Å². The van der Waals surface area contributed by atoms with Gasteiger partial charge in [0, 0.05) is 18.0 Å². The van der Waals surface area contributed by atoms with Gasteiger partial charge in [0.15, 0.2) is 5.69 Å². The number of morpholine rings is 1. The summed E-state index contributed by atoms with van der Waals surface area (Å²) in [6, 6.07) is 19.7. The molecule has 1 fully saturated rings. The normalized spacial score (nSPS) is 13.6. The monoisotopic (exact) mass is 487 g/mol. The van der Waals surface area contributed by atoms with Gasteiger partial charge in [-0.1, -0.05) is 65.9 Å². The first-order valence-electron chi connectivity index (χ1n) is 11.4. The standard InChI is InChI=1S/C26H25N5O3S/c1-18-22(26(33)30-12-14-34-15-13-30)25(35-23(18)20-10-6-3-7-11-20)27-24(32)21-17-31(29-28-21)16-19-8-4-2-5-9-19/h2-11,17H,12-16H2,1H3,(H,27,32). The highest BCUT2D eigenvalue weighted by molar-refractivity contribution is 7.20. The first kappa shape index (κ1) is 22.9. The van der Waals surface area contributed by atoms with Crippen LogP contribution in [0.1, 0.15) is 32.0 Å². The Hall–Kier alpha value is -3.82. The third-order valence-electron chi connectivity index (χ3n) is 5.88. The van der Waals surface area contributed by atoms with Gasteiger partial charge < -0.3 is 15.0 Å². The number of thiophene rings is 1. The molecule has 0 unspecified atom stereocenters. The molecule has 2 aromatic carbocycles. The smallest absolute Gasteiger partial charge is 0.278 e. The number of hydrogen-bond donors (Lipinski definition) is 1. The van der Waals surface area contributed by atoms with Crippen LogP contribution >= 0.6 is 11.3 Å². The molecule has 1 aliphatic heterocycles. The molecule has 0 bridgehead atoms. The number of aromatic nitrogens is 3. The average Bonchev–Trinajstić information content (AvgIpc) is 3.49. The number of carbonyl (C=O) groups excluding carboxylic acids is 2. The zero-order valence-corrected chi connectivity index (χ0v) is 20.1. The molecule has 9 heteroatoms. The van der Waals surface area contributed by atoms with Crippen LogP contribution < -0.4 is 5.32 Å². The molecule has 3 heterocycles. The van der Waals surface area contributed by atoms with Crippen LogP contribution in [0.15, 0.2) is 66.9 Å². The van der Waals surface area contributed by atoms with Gasteiger partial charge >= 0.3 is 0 Å². The van der Waals surface area contributed by atoms with Gasteiger partial charge in [0.2, 0.25) is 0 Å². The van der Waals surface area contributed by atoms with Crippen molar-refractivity contribution in [1.29, 1.82) is 0 Å². The molecule has 0 radical (unpaired) electrons. The van der Waals surface area contributed by atoms with E-state index in [0.29, 0.717) is 43.4 Å². The molecule has 5 rings (SSSR count). The number of nitrogens with zero attached hydrogens (tertiary/aromatic N) is 4. The van der Waals surface area contributed by atoms with Crippen LogP contribution in [0.3, 0.4) is 0 Å². The van der Waals surface area contributed by atoms with Crippen LogP contribution in [-0.2, 0) is 11.3 Å². The molecule has 2 aromatic heterocycles. The average molecular weight is 488 g/mol. The molecule has 4 aromatic rings. The van der Waals surface area contributed by atoms with Crippen molar-refractivity contribution in [1.82, 2.24) is 19.9 Å². The summed E-state index contributed by atoms with van der Waals surface area (Å²) in [6.07, 6.45) is 1.62. The first-order valence-corrected chi connectivity index (χ1v) is 12.2. The fourth-order valence-corrected chi connectivity index (χ4v) is 5.27. The van der Waals surface area contributed by atoms with Crippen LogP contribution in [0.2, 0.25) is 0 Å². The predicted molar refractivity (Wildman–Crippen MR) is 135 cm³/mol. The van der Waals surface area contributed by atoms with Crippen molar-refractivity contribution in [3.05, 3.63) is 89.2 Å². The number of ether oxygens (including phenoxy) is 1. The number of nitrogens with one attached hydrogen (secondary N) is 1. The molecular weight excluding hydrogens is 462 g/mol. The zero-order valence-electron chi connectivity index (χ0n) is 19.3. The Morgan fingerprint density at radius 3 is 2.43 bits per heavy atom. The van der Waals surface area contributed by atoms with E-state index < -0.39 is 5.91 Å². The van der Waals surface area contributed by atoms with Gasteiger partial charge in [-0.05, 0) is 23.6 Å². The Morgan fingerprint density at radius 2 is 1.71 bits per heavy atom. The lowest BCUT2D eigenvalue weighted by atomic mass is 10.1. The Balaban J connectivity index is 1.43. The van der Waals surface area contributed by atoms with E-state index in [1.54, 1.807) is 15.8 Å². The fraction of sp³-hybridized carbons (Fsp3) is 0.231. The van der Waals surface area contributed by atoms with E-state index in [1.807, 2.05) is 67.6 Å². The van der Waals surface area contributed by atoms with Crippen LogP contribution in [0, 0.1) is 6.92 Å². The van der Waals surface area contributed by atoms with E-state index in [0.717, 1.165) is 21.6 Å². The van der Waals surface area contributed by atoms with Gasteiger partial charge in [0.1, 0.15) is 5.00 Å². The van der Waals surface area contributed by atoms with Gasteiger partial charge in [-0.25, -0.2) is 4.68 Å². The fourth-order valence-electron chi connectivity index (χ4n) is 4.07. The predicted octanol–water partition coefficient (Wildman–Crippen LogP) is 4.09. The molecule has 0 aliphatic carbocycles. The van der Waals surface area contributed by atoms with Crippen molar-refractivity contribution in [3.8, 4) is 10.4 Å². The van der Waals surface area contributed by atoms with E-state index in [2.05, 4.69) is 15.6 Å². The van der Waals surface area contributed by atoms with E-state index in [4.69, 9.17) is 4.74 Å². The summed E-state index contributed by atoms with van der Waals surface area (Å²) in [4.78, 5) is 29.4. The summed E-state index contributed by atoms with van der Waals surface area (Å²) in [5.41, 5.74) is 3.61. The summed E-state index contributed by atoms with van der Waals surface area (Å²) in [5.74, 6) is -0.506. The SMILES string of the molecule is Cc1c(-c2ccccc2)sc(NC(=O)c2cn(Cc3ccccc3)nn2)c1C(=O)N1CCOCC1. The maximum absolute atomic E-state index is 13.5. The molecule has 178 valence electrons. The molecule has 0 spiro atoms. The number of amides is 2. The molecule has 35 heavy (non-hydrogen) atoms. The largest absolute Gasteiger partial charge is 0.378 e. The molecule has 1 aliphatic rings. The Bertz CT molecular complexity index is 1330. The maximum atomic E-state index is 13.5. The highest BCUT2D eigenvalue weighted by Crippen LogP contribution is 2.40. The third kappa shape index (κ3) is 5.01. The van der Waals surface area contributed by atoms with Gasteiger partial charge in [0.25, 0.3) is 11.8 Å². The van der Waals surface area contributed by atoms with Gasteiger partial charge in [-0.2, -0.15) is 0 Å². The molecule has 1 N–H and O–H groups in total. The zero-order chi connectivity index (χ0) is 24.2. The third-order valence-corrected chi connectivity index (χ3v) is 7.14. The second kappa shape index (κ2) is 10.2. The molecule has 1 saturated heterocycles. The molecule has 0 saturated carbocycles. The number of rotatable bonds is 6. The lowest BCUT2D eigenvalue weighted by molar-refractivity contribution is 0.0303. The van der Waals surface area contributed by atoms with E-state index >= 15 is 0 Å². The van der Waals surface area contributed by atoms with Crippen LogP contribution in [0.5, 0.6) is 0 Å². The summed E-state index contributed by atoms with van der Waals surface area (Å²) in [5, 5.41) is 11.6. The number of benzene rings is 2. The Kier molecular flexibility index (Phi) is 6.69. The molecule has 0 atom stereocenters. The Morgan fingerprint density at radius 1 is 1.03 bits per heavy atom. The maximum Gasteiger partial charge on any atom is 0.278 e. The van der Waals surface area contributed by atoms with Crippen molar-refractivity contribution < 1.29 is 14.3 Å². The summed E-state index contributed by atoms with van der Waals surface area (Å²) in [6.45, 7) is 4.50.